The summed E-state index contributed by atoms with van der Waals surface area (Å²) in [4.78, 5) is 14.3. The van der Waals surface area contributed by atoms with E-state index >= 15 is 0 Å². The van der Waals surface area contributed by atoms with Crippen molar-refractivity contribution in [3.8, 4) is 0 Å². The van der Waals surface area contributed by atoms with Crippen LogP contribution in [0.5, 0.6) is 0 Å². The molecule has 0 radical (unpaired) electrons. The topological polar surface area (TPSA) is 70.9 Å². The lowest BCUT2D eigenvalue weighted by atomic mass is 10.2. The molecule has 1 rings (SSSR count). The molecule has 0 unspecified atom stereocenters. The Bertz CT molecular complexity index is 317. The predicted octanol–water partition coefficient (Wildman–Crippen LogP) is 0.597. The van der Waals surface area contributed by atoms with Gasteiger partial charge in [-0.2, -0.15) is 0 Å². The van der Waals surface area contributed by atoms with Crippen molar-refractivity contribution in [1.82, 2.24) is 10.3 Å². The van der Waals surface area contributed by atoms with E-state index in [2.05, 4.69) is 10.3 Å². The van der Waals surface area contributed by atoms with Gasteiger partial charge in [0.2, 0.25) is 5.91 Å². The molecule has 4 nitrogen and oxygen atoms in total. The molecule has 1 heterocycles. The molecule has 0 atom stereocenters. The Morgan fingerprint density at radius 3 is 2.79 bits per heavy atom. The van der Waals surface area contributed by atoms with Crippen molar-refractivity contribution in [2.75, 3.05) is 6.54 Å². The molecule has 1 aromatic rings. The molecule has 14 heavy (non-hydrogen) atoms. The molecule has 0 bridgehead atoms. The van der Waals surface area contributed by atoms with E-state index in [0.717, 1.165) is 17.0 Å². The number of hydrogen-bond acceptors (Lipinski definition) is 2. The quantitative estimate of drug-likeness (QED) is 0.658. The molecule has 1 amide bonds. The molecule has 4 N–H and O–H groups in total. The maximum atomic E-state index is 11.1. The highest BCUT2D eigenvalue weighted by atomic mass is 16.1. The van der Waals surface area contributed by atoms with Gasteiger partial charge in [0.05, 0.1) is 0 Å². The molecule has 78 valence electrons. The molecule has 0 spiro atoms. The van der Waals surface area contributed by atoms with Gasteiger partial charge in [-0.1, -0.05) is 0 Å². The van der Waals surface area contributed by atoms with E-state index in [1.54, 1.807) is 0 Å². The highest BCUT2D eigenvalue weighted by Crippen LogP contribution is 2.08. The maximum Gasteiger partial charge on any atom is 0.221 e. The van der Waals surface area contributed by atoms with Crippen LogP contribution in [0.15, 0.2) is 6.07 Å². The summed E-state index contributed by atoms with van der Waals surface area (Å²) in [6.45, 7) is 4.97. The molecule has 0 aliphatic carbocycles. The zero-order valence-electron chi connectivity index (χ0n) is 8.68. The second-order valence-corrected chi connectivity index (χ2v) is 3.42. The van der Waals surface area contributed by atoms with Gasteiger partial charge in [0, 0.05) is 30.9 Å². The number of carbonyl (C=O) groups is 1. The van der Waals surface area contributed by atoms with Crippen molar-refractivity contribution < 1.29 is 4.79 Å². The number of nitrogens with one attached hydrogen (secondary N) is 2. The lowest BCUT2D eigenvalue weighted by molar-refractivity contribution is -0.121. The second kappa shape index (κ2) is 4.81. The summed E-state index contributed by atoms with van der Waals surface area (Å²) in [6.07, 6.45) is 0.391. The number of rotatable bonds is 4. The molecule has 0 saturated heterocycles. The number of aromatic nitrogens is 1. The Kier molecular flexibility index (Phi) is 3.71. The molecule has 0 saturated carbocycles. The average molecular weight is 195 g/mol. The van der Waals surface area contributed by atoms with E-state index in [1.807, 2.05) is 19.9 Å². The van der Waals surface area contributed by atoms with E-state index < -0.39 is 0 Å². The largest absolute Gasteiger partial charge is 0.362 e. The third kappa shape index (κ3) is 2.88. The first-order valence-electron chi connectivity index (χ1n) is 4.75. The van der Waals surface area contributed by atoms with Crippen molar-refractivity contribution in [3.63, 3.8) is 0 Å². The molecule has 0 aliphatic rings. The minimum Gasteiger partial charge on any atom is -0.362 e. The van der Waals surface area contributed by atoms with Crippen LogP contribution in [0, 0.1) is 13.8 Å². The second-order valence-electron chi connectivity index (χ2n) is 3.42. The number of hydrogen-bond donors (Lipinski definition) is 3. The van der Waals surface area contributed by atoms with Crippen LogP contribution < -0.4 is 11.1 Å². The zero-order chi connectivity index (χ0) is 10.6. The van der Waals surface area contributed by atoms with Gasteiger partial charge in [-0.05, 0) is 25.5 Å². The fourth-order valence-corrected chi connectivity index (χ4v) is 1.38. The summed E-state index contributed by atoms with van der Waals surface area (Å²) in [7, 11) is 0. The van der Waals surface area contributed by atoms with Crippen LogP contribution in [0.3, 0.4) is 0 Å². The summed E-state index contributed by atoms with van der Waals surface area (Å²) in [5.41, 5.74) is 8.62. The highest BCUT2D eigenvalue weighted by Gasteiger charge is 2.03. The van der Waals surface area contributed by atoms with E-state index in [0.29, 0.717) is 19.5 Å². The van der Waals surface area contributed by atoms with E-state index in [1.165, 1.54) is 0 Å². The van der Waals surface area contributed by atoms with Gasteiger partial charge in [0.15, 0.2) is 0 Å². The lowest BCUT2D eigenvalue weighted by Crippen LogP contribution is -2.25. The Morgan fingerprint density at radius 1 is 1.57 bits per heavy atom. The van der Waals surface area contributed by atoms with Crippen LogP contribution in [0.2, 0.25) is 0 Å². The smallest absolute Gasteiger partial charge is 0.221 e. The summed E-state index contributed by atoms with van der Waals surface area (Å²) in [5.74, 6) is 0.00533. The van der Waals surface area contributed by atoms with Crippen molar-refractivity contribution in [2.24, 2.45) is 5.73 Å². The molecule has 4 heteroatoms. The summed E-state index contributed by atoms with van der Waals surface area (Å²) < 4.78 is 0. The number of nitrogens with two attached hydrogens (primary N) is 1. The Balaban J connectivity index is 2.45. The number of aryl methyl sites for hydroxylation is 2. The molecule has 0 aromatic carbocycles. The van der Waals surface area contributed by atoms with Crippen LogP contribution in [-0.4, -0.2) is 17.4 Å². The van der Waals surface area contributed by atoms with Crippen LogP contribution in [0.25, 0.3) is 0 Å². The fourth-order valence-electron chi connectivity index (χ4n) is 1.38. The fraction of sp³-hybridized carbons (Fsp3) is 0.500. The van der Waals surface area contributed by atoms with E-state index in [4.69, 9.17) is 5.73 Å². The third-order valence-electron chi connectivity index (χ3n) is 2.10. The number of carbonyl (C=O) groups excluding carboxylic acids is 1. The number of aromatic amines is 1. The van der Waals surface area contributed by atoms with Crippen molar-refractivity contribution in [2.45, 2.75) is 26.8 Å². The molecular weight excluding hydrogens is 178 g/mol. The first-order valence-corrected chi connectivity index (χ1v) is 4.75. The number of H-pyrrole nitrogens is 1. The summed E-state index contributed by atoms with van der Waals surface area (Å²) in [5, 5.41) is 2.82. The van der Waals surface area contributed by atoms with Gasteiger partial charge < -0.3 is 16.0 Å². The zero-order valence-corrected chi connectivity index (χ0v) is 8.68. The minimum absolute atomic E-state index is 0.00533. The van der Waals surface area contributed by atoms with Crippen LogP contribution >= 0.6 is 0 Å². The SMILES string of the molecule is Cc1cc(CNC(=O)CCN)c(C)[nH]1. The van der Waals surface area contributed by atoms with E-state index in [9.17, 15) is 4.79 Å². The lowest BCUT2D eigenvalue weighted by Gasteiger charge is -2.03. The van der Waals surface area contributed by atoms with Gasteiger partial charge >= 0.3 is 0 Å². The van der Waals surface area contributed by atoms with Crippen LogP contribution in [-0.2, 0) is 11.3 Å². The summed E-state index contributed by atoms with van der Waals surface area (Å²) in [6, 6.07) is 2.04. The molecular formula is C10H17N3O. The predicted molar refractivity (Wildman–Crippen MR) is 55.8 cm³/mol. The van der Waals surface area contributed by atoms with Crippen molar-refractivity contribution >= 4 is 5.91 Å². The summed E-state index contributed by atoms with van der Waals surface area (Å²) >= 11 is 0. The first-order chi connectivity index (χ1) is 6.63. The van der Waals surface area contributed by atoms with Gasteiger partial charge in [0.1, 0.15) is 0 Å². The van der Waals surface area contributed by atoms with Gasteiger partial charge in [-0.3, -0.25) is 4.79 Å². The number of amides is 1. The first kappa shape index (κ1) is 10.8. The Labute approximate surface area is 83.9 Å². The van der Waals surface area contributed by atoms with E-state index in [-0.39, 0.29) is 5.91 Å². The Hall–Kier alpha value is -1.29. The molecule has 0 fully saturated rings. The standard InChI is InChI=1S/C10H17N3O/c1-7-5-9(8(2)13-7)6-12-10(14)3-4-11/h5,13H,3-4,6,11H2,1-2H3,(H,12,14). The van der Waals surface area contributed by atoms with Gasteiger partial charge in [0.25, 0.3) is 0 Å². The van der Waals surface area contributed by atoms with Gasteiger partial charge in [-0.15, -0.1) is 0 Å². The molecule has 1 aromatic heterocycles. The van der Waals surface area contributed by atoms with Crippen LogP contribution in [0.4, 0.5) is 0 Å². The minimum atomic E-state index is 0.00533. The molecule has 0 aliphatic heterocycles. The van der Waals surface area contributed by atoms with Gasteiger partial charge in [-0.25, -0.2) is 0 Å². The third-order valence-corrected chi connectivity index (χ3v) is 2.10. The maximum absolute atomic E-state index is 11.1. The monoisotopic (exact) mass is 195 g/mol. The average Bonchev–Trinajstić information content (AvgIpc) is 2.42. The Morgan fingerprint density at radius 2 is 2.29 bits per heavy atom. The van der Waals surface area contributed by atoms with Crippen molar-refractivity contribution in [1.29, 1.82) is 0 Å². The normalized spacial score (nSPS) is 10.2. The van der Waals surface area contributed by atoms with Crippen LogP contribution in [0.1, 0.15) is 23.4 Å². The van der Waals surface area contributed by atoms with Crippen molar-refractivity contribution in [3.05, 3.63) is 23.0 Å². The highest BCUT2D eigenvalue weighted by molar-refractivity contribution is 5.76.